The van der Waals surface area contributed by atoms with Gasteiger partial charge in [0.2, 0.25) is 5.89 Å². The Morgan fingerprint density at radius 3 is 3.06 bits per heavy atom. The number of nitrogens with zero attached hydrogens (tertiary/aromatic N) is 2. The fourth-order valence-electron chi connectivity index (χ4n) is 1.55. The second-order valence-electron chi connectivity index (χ2n) is 3.50. The Labute approximate surface area is 101 Å². The standard InChI is InChI=1S/C11H10N4OS/c12-6-10-14-15-11(16-10)13-8-1-2-9-7(5-8)3-4-17-9/h1-5H,6,12H2,(H,13,15). The van der Waals surface area contributed by atoms with Crippen LogP contribution in [0, 0.1) is 0 Å². The highest BCUT2D eigenvalue weighted by Gasteiger charge is 2.05. The molecule has 0 aliphatic carbocycles. The number of benzene rings is 1. The molecule has 6 heteroatoms. The molecule has 0 aliphatic heterocycles. The minimum Gasteiger partial charge on any atom is -0.406 e. The number of rotatable bonds is 3. The molecule has 0 saturated carbocycles. The Balaban J connectivity index is 1.88. The fourth-order valence-corrected chi connectivity index (χ4v) is 2.33. The lowest BCUT2D eigenvalue weighted by atomic mass is 10.2. The molecule has 0 radical (unpaired) electrons. The Morgan fingerprint density at radius 2 is 2.24 bits per heavy atom. The minimum atomic E-state index is 0.248. The second-order valence-corrected chi connectivity index (χ2v) is 4.45. The summed E-state index contributed by atoms with van der Waals surface area (Å²) >= 11 is 1.71. The maximum atomic E-state index is 5.39. The number of aromatic nitrogens is 2. The molecule has 3 rings (SSSR count). The topological polar surface area (TPSA) is 77.0 Å². The van der Waals surface area contributed by atoms with Crippen molar-refractivity contribution < 1.29 is 4.42 Å². The average Bonchev–Trinajstić information content (AvgIpc) is 2.96. The van der Waals surface area contributed by atoms with Crippen molar-refractivity contribution in [1.29, 1.82) is 0 Å². The van der Waals surface area contributed by atoms with E-state index in [1.54, 1.807) is 11.3 Å². The van der Waals surface area contributed by atoms with Gasteiger partial charge in [0.25, 0.3) is 0 Å². The van der Waals surface area contributed by atoms with E-state index < -0.39 is 0 Å². The summed E-state index contributed by atoms with van der Waals surface area (Å²) in [7, 11) is 0. The van der Waals surface area contributed by atoms with Gasteiger partial charge in [-0.2, -0.15) is 0 Å². The van der Waals surface area contributed by atoms with Crippen LogP contribution < -0.4 is 11.1 Å². The number of nitrogens with one attached hydrogen (secondary N) is 1. The summed E-state index contributed by atoms with van der Waals surface area (Å²) in [5.41, 5.74) is 6.31. The van der Waals surface area contributed by atoms with Crippen molar-refractivity contribution in [2.24, 2.45) is 5.73 Å². The van der Waals surface area contributed by atoms with Crippen LogP contribution in [0.15, 0.2) is 34.1 Å². The van der Waals surface area contributed by atoms with Gasteiger partial charge in [-0.1, -0.05) is 5.10 Å². The van der Waals surface area contributed by atoms with E-state index in [1.807, 2.05) is 12.1 Å². The van der Waals surface area contributed by atoms with Crippen LogP contribution in [0.25, 0.3) is 10.1 Å². The van der Waals surface area contributed by atoms with Crippen LogP contribution in [0.1, 0.15) is 5.89 Å². The van der Waals surface area contributed by atoms with E-state index in [9.17, 15) is 0 Å². The molecule has 5 nitrogen and oxygen atoms in total. The number of thiophene rings is 1. The van der Waals surface area contributed by atoms with Crippen molar-refractivity contribution in [3.8, 4) is 0 Å². The van der Waals surface area contributed by atoms with Gasteiger partial charge in [-0.15, -0.1) is 16.4 Å². The molecule has 0 fully saturated rings. The molecule has 86 valence electrons. The summed E-state index contributed by atoms with van der Waals surface area (Å²) < 4.78 is 6.53. The molecular formula is C11H10N4OS. The van der Waals surface area contributed by atoms with E-state index in [-0.39, 0.29) is 6.54 Å². The predicted molar refractivity (Wildman–Crippen MR) is 67.3 cm³/mol. The zero-order valence-corrected chi connectivity index (χ0v) is 9.70. The quantitative estimate of drug-likeness (QED) is 0.742. The summed E-state index contributed by atoms with van der Waals surface area (Å²) in [6, 6.07) is 8.51. The summed E-state index contributed by atoms with van der Waals surface area (Å²) in [6.07, 6.45) is 0. The van der Waals surface area contributed by atoms with Crippen molar-refractivity contribution in [2.75, 3.05) is 5.32 Å². The molecule has 0 unspecified atom stereocenters. The molecule has 2 heterocycles. The van der Waals surface area contributed by atoms with Gasteiger partial charge in [0.15, 0.2) is 0 Å². The maximum Gasteiger partial charge on any atom is 0.320 e. The number of fused-ring (bicyclic) bond motifs is 1. The summed E-state index contributed by atoms with van der Waals surface area (Å²) in [5.74, 6) is 0.420. The summed E-state index contributed by atoms with van der Waals surface area (Å²) in [5, 5.41) is 13.9. The van der Waals surface area contributed by atoms with Crippen molar-refractivity contribution in [3.05, 3.63) is 35.5 Å². The van der Waals surface area contributed by atoms with Gasteiger partial charge in [-0.25, -0.2) is 0 Å². The normalized spacial score (nSPS) is 10.9. The highest BCUT2D eigenvalue weighted by molar-refractivity contribution is 7.17. The zero-order chi connectivity index (χ0) is 11.7. The molecular weight excluding hydrogens is 236 g/mol. The van der Waals surface area contributed by atoms with E-state index >= 15 is 0 Å². The van der Waals surface area contributed by atoms with Crippen LogP contribution in [0.2, 0.25) is 0 Å². The van der Waals surface area contributed by atoms with Crippen LogP contribution in [-0.4, -0.2) is 10.2 Å². The monoisotopic (exact) mass is 246 g/mol. The Morgan fingerprint density at radius 1 is 1.29 bits per heavy atom. The molecule has 3 aromatic rings. The van der Waals surface area contributed by atoms with Gasteiger partial charge in [-0.3, -0.25) is 0 Å². The number of hydrogen-bond donors (Lipinski definition) is 2. The largest absolute Gasteiger partial charge is 0.406 e. The van der Waals surface area contributed by atoms with Gasteiger partial charge < -0.3 is 15.5 Å². The first kappa shape index (κ1) is 10.2. The van der Waals surface area contributed by atoms with Gasteiger partial charge in [0.1, 0.15) is 0 Å². The van der Waals surface area contributed by atoms with Gasteiger partial charge in [0.05, 0.1) is 6.54 Å². The Bertz CT molecular complexity index is 646. The lowest BCUT2D eigenvalue weighted by molar-refractivity contribution is 0.511. The van der Waals surface area contributed by atoms with E-state index in [2.05, 4.69) is 33.0 Å². The molecule has 3 N–H and O–H groups in total. The zero-order valence-electron chi connectivity index (χ0n) is 8.88. The number of nitrogens with two attached hydrogens (primary N) is 1. The van der Waals surface area contributed by atoms with E-state index in [0.29, 0.717) is 11.9 Å². The van der Waals surface area contributed by atoms with Gasteiger partial charge >= 0.3 is 6.01 Å². The Hall–Kier alpha value is -1.92. The maximum absolute atomic E-state index is 5.39. The predicted octanol–water partition coefficient (Wildman–Crippen LogP) is 2.49. The number of hydrogen-bond acceptors (Lipinski definition) is 6. The molecule has 2 aromatic heterocycles. The van der Waals surface area contributed by atoms with Crippen molar-refractivity contribution >= 4 is 33.1 Å². The molecule has 1 aromatic carbocycles. The van der Waals surface area contributed by atoms with Crippen molar-refractivity contribution in [3.63, 3.8) is 0 Å². The summed E-state index contributed by atoms with van der Waals surface area (Å²) in [4.78, 5) is 0. The molecule has 0 amide bonds. The first-order valence-electron chi connectivity index (χ1n) is 5.12. The second kappa shape index (κ2) is 4.15. The van der Waals surface area contributed by atoms with Crippen LogP contribution in [0.5, 0.6) is 0 Å². The first-order chi connectivity index (χ1) is 8.35. The van der Waals surface area contributed by atoms with Gasteiger partial charge in [-0.05, 0) is 35.0 Å². The van der Waals surface area contributed by atoms with Crippen LogP contribution in [0.4, 0.5) is 11.7 Å². The highest BCUT2D eigenvalue weighted by Crippen LogP contribution is 2.25. The summed E-state index contributed by atoms with van der Waals surface area (Å²) in [6.45, 7) is 0.248. The smallest absolute Gasteiger partial charge is 0.320 e. The van der Waals surface area contributed by atoms with Crippen LogP contribution >= 0.6 is 11.3 Å². The van der Waals surface area contributed by atoms with Gasteiger partial charge in [0, 0.05) is 10.4 Å². The fraction of sp³-hybridized carbons (Fsp3) is 0.0909. The lowest BCUT2D eigenvalue weighted by Gasteiger charge is -2.00. The Kier molecular flexibility index (Phi) is 2.50. The van der Waals surface area contributed by atoms with Crippen molar-refractivity contribution in [2.45, 2.75) is 6.54 Å². The number of anilines is 2. The molecule has 0 spiro atoms. The van der Waals surface area contributed by atoms with Crippen molar-refractivity contribution in [1.82, 2.24) is 10.2 Å². The van der Waals surface area contributed by atoms with E-state index in [4.69, 9.17) is 10.2 Å². The molecule has 0 bridgehead atoms. The first-order valence-corrected chi connectivity index (χ1v) is 6.00. The highest BCUT2D eigenvalue weighted by atomic mass is 32.1. The van der Waals surface area contributed by atoms with Crippen LogP contribution in [0.3, 0.4) is 0 Å². The average molecular weight is 246 g/mol. The minimum absolute atomic E-state index is 0.248. The third kappa shape index (κ3) is 2.00. The third-order valence-corrected chi connectivity index (χ3v) is 3.24. The molecule has 17 heavy (non-hydrogen) atoms. The third-order valence-electron chi connectivity index (χ3n) is 2.35. The lowest BCUT2D eigenvalue weighted by Crippen LogP contribution is -1.95. The molecule has 0 atom stereocenters. The SMILES string of the molecule is NCc1nnc(Nc2ccc3sccc3c2)o1. The molecule has 0 aliphatic rings. The van der Waals surface area contributed by atoms with E-state index in [1.165, 1.54) is 10.1 Å². The van der Waals surface area contributed by atoms with E-state index in [0.717, 1.165) is 5.69 Å². The van der Waals surface area contributed by atoms with Crippen LogP contribution in [-0.2, 0) is 6.54 Å². The molecule has 0 saturated heterocycles.